The number of ether oxygens (including phenoxy) is 1. The van der Waals surface area contributed by atoms with Crippen LogP contribution in [0.3, 0.4) is 0 Å². The van der Waals surface area contributed by atoms with Gasteiger partial charge >= 0.3 is 0 Å². The zero-order valence-electron chi connectivity index (χ0n) is 8.64. The second-order valence-electron chi connectivity index (χ2n) is 3.02. The van der Waals surface area contributed by atoms with E-state index in [1.54, 1.807) is 24.1 Å². The molecule has 0 saturated heterocycles. The van der Waals surface area contributed by atoms with Gasteiger partial charge in [0.15, 0.2) is 0 Å². The molecule has 84 valence electrons. The molecule has 0 spiro atoms. The maximum atomic E-state index is 11.4. The van der Waals surface area contributed by atoms with E-state index in [-0.39, 0.29) is 12.5 Å². The Balaban J connectivity index is 2.19. The highest BCUT2D eigenvalue weighted by molar-refractivity contribution is 5.91. The van der Waals surface area contributed by atoms with Gasteiger partial charge in [0.05, 0.1) is 26.1 Å². The number of aliphatic hydroxyl groups is 1. The van der Waals surface area contributed by atoms with Gasteiger partial charge in [-0.1, -0.05) is 0 Å². The van der Waals surface area contributed by atoms with Crippen LogP contribution in [0.1, 0.15) is 10.5 Å². The van der Waals surface area contributed by atoms with E-state index in [0.29, 0.717) is 25.5 Å². The van der Waals surface area contributed by atoms with E-state index in [2.05, 4.69) is 10.3 Å². The molecule has 0 radical (unpaired) electrons. The molecule has 1 amide bonds. The normalized spacial score (nSPS) is 10.3. The number of imidazole rings is 1. The van der Waals surface area contributed by atoms with Gasteiger partial charge in [0.1, 0.15) is 5.69 Å². The van der Waals surface area contributed by atoms with Crippen LogP contribution in [0, 0.1) is 0 Å². The largest absolute Gasteiger partial charge is 0.394 e. The third-order valence-electron chi connectivity index (χ3n) is 1.71. The first-order chi connectivity index (χ1) is 7.24. The minimum absolute atomic E-state index is 0.00577. The fourth-order valence-electron chi connectivity index (χ4n) is 1.02. The quantitative estimate of drug-likeness (QED) is 0.604. The van der Waals surface area contributed by atoms with Gasteiger partial charge in [-0.3, -0.25) is 4.79 Å². The summed E-state index contributed by atoms with van der Waals surface area (Å²) in [5, 5.41) is 11.1. The number of aryl methyl sites for hydroxylation is 1. The standard InChI is InChI=1S/C9H15N3O3/c1-12-6-8(11-7-12)9(14)10-2-4-15-5-3-13/h6-7,13H,2-5H2,1H3,(H,10,14). The van der Waals surface area contributed by atoms with E-state index in [9.17, 15) is 4.79 Å². The van der Waals surface area contributed by atoms with Gasteiger partial charge in [0, 0.05) is 19.8 Å². The molecular formula is C9H15N3O3. The molecule has 0 atom stereocenters. The third-order valence-corrected chi connectivity index (χ3v) is 1.71. The molecule has 0 aliphatic rings. The highest BCUT2D eigenvalue weighted by Crippen LogP contribution is 1.92. The number of amides is 1. The molecule has 0 bridgehead atoms. The van der Waals surface area contributed by atoms with E-state index in [1.165, 1.54) is 0 Å². The molecule has 15 heavy (non-hydrogen) atoms. The molecule has 2 N–H and O–H groups in total. The molecule has 1 aromatic rings. The van der Waals surface area contributed by atoms with Crippen molar-refractivity contribution in [3.63, 3.8) is 0 Å². The molecule has 0 aromatic carbocycles. The molecule has 1 heterocycles. The maximum absolute atomic E-state index is 11.4. The van der Waals surface area contributed by atoms with Crippen molar-refractivity contribution in [2.24, 2.45) is 7.05 Å². The highest BCUT2D eigenvalue weighted by atomic mass is 16.5. The van der Waals surface area contributed by atoms with Gasteiger partial charge in [-0.25, -0.2) is 4.98 Å². The SMILES string of the molecule is Cn1cnc(C(=O)NCCOCCO)c1. The van der Waals surface area contributed by atoms with Gasteiger partial charge in [0.2, 0.25) is 0 Å². The average Bonchev–Trinajstić information content (AvgIpc) is 2.64. The van der Waals surface area contributed by atoms with E-state index in [4.69, 9.17) is 9.84 Å². The van der Waals surface area contributed by atoms with Crippen molar-refractivity contribution in [2.75, 3.05) is 26.4 Å². The lowest BCUT2D eigenvalue weighted by Crippen LogP contribution is -2.27. The summed E-state index contributed by atoms with van der Waals surface area (Å²) < 4.78 is 6.69. The Kier molecular flexibility index (Phi) is 4.79. The molecule has 1 aromatic heterocycles. The summed E-state index contributed by atoms with van der Waals surface area (Å²) in [6, 6.07) is 0. The van der Waals surface area contributed by atoms with Crippen molar-refractivity contribution in [3.05, 3.63) is 18.2 Å². The van der Waals surface area contributed by atoms with Crippen LogP contribution < -0.4 is 5.32 Å². The van der Waals surface area contributed by atoms with Crippen LogP contribution in [-0.2, 0) is 11.8 Å². The van der Waals surface area contributed by atoms with Gasteiger partial charge in [-0.05, 0) is 0 Å². The second kappa shape index (κ2) is 6.15. The van der Waals surface area contributed by atoms with Crippen molar-refractivity contribution in [1.29, 1.82) is 0 Å². The summed E-state index contributed by atoms with van der Waals surface area (Å²) >= 11 is 0. The number of carbonyl (C=O) groups is 1. The lowest BCUT2D eigenvalue weighted by molar-refractivity contribution is 0.0835. The number of hydrogen-bond acceptors (Lipinski definition) is 4. The highest BCUT2D eigenvalue weighted by Gasteiger charge is 2.06. The number of carbonyl (C=O) groups excluding carboxylic acids is 1. The van der Waals surface area contributed by atoms with E-state index < -0.39 is 0 Å². The zero-order chi connectivity index (χ0) is 11.1. The second-order valence-corrected chi connectivity index (χ2v) is 3.02. The van der Waals surface area contributed by atoms with Crippen LogP contribution in [-0.4, -0.2) is 46.9 Å². The summed E-state index contributed by atoms with van der Waals surface area (Å²) in [5.41, 5.74) is 0.389. The molecule has 1 rings (SSSR count). The predicted molar refractivity (Wildman–Crippen MR) is 53.4 cm³/mol. The number of hydrogen-bond donors (Lipinski definition) is 2. The minimum atomic E-state index is -0.219. The molecule has 6 nitrogen and oxygen atoms in total. The number of aromatic nitrogens is 2. The number of nitrogens with zero attached hydrogens (tertiary/aromatic N) is 2. The van der Waals surface area contributed by atoms with Crippen LogP contribution in [0.25, 0.3) is 0 Å². The monoisotopic (exact) mass is 213 g/mol. The zero-order valence-corrected chi connectivity index (χ0v) is 8.64. The fourth-order valence-corrected chi connectivity index (χ4v) is 1.02. The Morgan fingerprint density at radius 3 is 3.07 bits per heavy atom. The van der Waals surface area contributed by atoms with Crippen molar-refractivity contribution in [3.8, 4) is 0 Å². The Morgan fingerprint density at radius 1 is 1.67 bits per heavy atom. The van der Waals surface area contributed by atoms with Crippen LogP contribution in [0.5, 0.6) is 0 Å². The molecule has 0 fully saturated rings. The van der Waals surface area contributed by atoms with E-state index >= 15 is 0 Å². The summed E-state index contributed by atoms with van der Waals surface area (Å²) in [4.78, 5) is 15.3. The van der Waals surface area contributed by atoms with Crippen molar-refractivity contribution in [2.45, 2.75) is 0 Å². The van der Waals surface area contributed by atoms with Crippen LogP contribution in [0.2, 0.25) is 0 Å². The average molecular weight is 213 g/mol. The summed E-state index contributed by atoms with van der Waals surface area (Å²) in [6.45, 7) is 1.09. The Bertz CT molecular complexity index is 311. The Morgan fingerprint density at radius 2 is 2.47 bits per heavy atom. The first-order valence-electron chi connectivity index (χ1n) is 4.69. The first-order valence-corrected chi connectivity index (χ1v) is 4.69. The lowest BCUT2D eigenvalue weighted by Gasteiger charge is -2.03. The molecular weight excluding hydrogens is 198 g/mol. The first kappa shape index (κ1) is 11.7. The van der Waals surface area contributed by atoms with Gasteiger partial charge in [-0.2, -0.15) is 0 Å². The Labute approximate surface area is 87.9 Å². The van der Waals surface area contributed by atoms with E-state index in [0.717, 1.165) is 0 Å². The molecule has 0 unspecified atom stereocenters. The number of aliphatic hydroxyl groups excluding tert-OH is 1. The lowest BCUT2D eigenvalue weighted by atomic mass is 10.4. The number of nitrogens with one attached hydrogen (secondary N) is 1. The topological polar surface area (TPSA) is 76.4 Å². The van der Waals surface area contributed by atoms with Gasteiger partial charge < -0.3 is 19.7 Å². The van der Waals surface area contributed by atoms with Crippen molar-refractivity contribution in [1.82, 2.24) is 14.9 Å². The maximum Gasteiger partial charge on any atom is 0.271 e. The molecule has 0 aliphatic heterocycles. The van der Waals surface area contributed by atoms with Crippen molar-refractivity contribution >= 4 is 5.91 Å². The smallest absolute Gasteiger partial charge is 0.271 e. The summed E-state index contributed by atoms with van der Waals surface area (Å²) in [7, 11) is 1.80. The predicted octanol–water partition coefficient (Wildman–Crippen LogP) is -0.841. The molecule has 6 heteroatoms. The van der Waals surface area contributed by atoms with Crippen LogP contribution >= 0.6 is 0 Å². The molecule has 0 saturated carbocycles. The van der Waals surface area contributed by atoms with Crippen molar-refractivity contribution < 1.29 is 14.6 Å². The number of rotatable bonds is 6. The van der Waals surface area contributed by atoms with Gasteiger partial charge in [-0.15, -0.1) is 0 Å². The van der Waals surface area contributed by atoms with Crippen LogP contribution in [0.15, 0.2) is 12.5 Å². The summed E-state index contributed by atoms with van der Waals surface area (Å²) in [6.07, 6.45) is 3.21. The van der Waals surface area contributed by atoms with Gasteiger partial charge in [0.25, 0.3) is 5.91 Å². The summed E-state index contributed by atoms with van der Waals surface area (Å²) in [5.74, 6) is -0.219. The third kappa shape index (κ3) is 4.09. The molecule has 0 aliphatic carbocycles. The minimum Gasteiger partial charge on any atom is -0.394 e. The van der Waals surface area contributed by atoms with Crippen LogP contribution in [0.4, 0.5) is 0 Å². The fraction of sp³-hybridized carbons (Fsp3) is 0.556. The van der Waals surface area contributed by atoms with E-state index in [1.807, 2.05) is 0 Å². The Hall–Kier alpha value is -1.40.